The van der Waals surface area contributed by atoms with E-state index in [0.717, 1.165) is 17.3 Å². The number of rotatable bonds is 5. The van der Waals surface area contributed by atoms with Gasteiger partial charge in [0.05, 0.1) is 11.5 Å². The zero-order valence-electron chi connectivity index (χ0n) is 9.13. The van der Waals surface area contributed by atoms with Crippen molar-refractivity contribution in [1.29, 1.82) is 0 Å². The molecule has 17 heavy (non-hydrogen) atoms. The van der Waals surface area contributed by atoms with Crippen LogP contribution in [0, 0.1) is 0 Å². The summed E-state index contributed by atoms with van der Waals surface area (Å²) in [6.07, 6.45) is 0.344. The molecule has 1 radical (unpaired) electrons. The molecule has 0 fully saturated rings. The number of thioether (sulfide) groups is 1. The number of hydrogen-bond acceptors (Lipinski definition) is 5. The average molecular weight is 248 g/mol. The van der Waals surface area contributed by atoms with Gasteiger partial charge in [0, 0.05) is 17.9 Å². The summed E-state index contributed by atoms with van der Waals surface area (Å²) in [5.74, 6) is 1.42. The molecule has 0 bridgehead atoms. The molecule has 0 saturated carbocycles. The monoisotopic (exact) mass is 248 g/mol. The van der Waals surface area contributed by atoms with E-state index in [9.17, 15) is 4.79 Å². The van der Waals surface area contributed by atoms with E-state index in [-0.39, 0.29) is 5.78 Å². The van der Waals surface area contributed by atoms with Gasteiger partial charge in [0.25, 0.3) is 0 Å². The molecule has 4 nitrogen and oxygen atoms in total. The molecule has 1 aliphatic rings. The number of Topliss-reactive ketones (excluding diaryl/α,β-unsaturated/α-hetero) is 1. The lowest BCUT2D eigenvalue weighted by Crippen LogP contribution is -2.05. The van der Waals surface area contributed by atoms with Crippen LogP contribution in [-0.4, -0.2) is 35.8 Å². The summed E-state index contributed by atoms with van der Waals surface area (Å²) in [4.78, 5) is 16.2. The number of hydrogen-bond donors (Lipinski definition) is 1. The highest BCUT2D eigenvalue weighted by molar-refractivity contribution is 8.14. The van der Waals surface area contributed by atoms with Crippen LogP contribution in [0.1, 0.15) is 16.8 Å². The molecular weight excluding hydrogens is 237 g/mol. The number of carbonyl (C=O) groups is 1. The minimum absolute atomic E-state index is 0.0153. The molecule has 1 aromatic rings. The maximum atomic E-state index is 11.9. The zero-order valence-corrected chi connectivity index (χ0v) is 9.94. The van der Waals surface area contributed by atoms with Crippen LogP contribution in [0.25, 0.3) is 0 Å². The van der Waals surface area contributed by atoms with Gasteiger partial charge in [-0.25, -0.2) is 0 Å². The Morgan fingerprint density at radius 1 is 1.59 bits per heavy atom. The van der Waals surface area contributed by atoms with Crippen molar-refractivity contribution in [2.75, 3.05) is 12.3 Å². The van der Waals surface area contributed by atoms with E-state index < -0.39 is 0 Å². The SMILES string of the molecule is O=C(CC1=NCCS1)c1cccc(O[B]O)c1. The third-order valence-electron chi connectivity index (χ3n) is 2.30. The Bertz CT molecular complexity index is 450. The Labute approximate surface area is 104 Å². The van der Waals surface area contributed by atoms with Crippen molar-refractivity contribution in [1.82, 2.24) is 0 Å². The molecule has 1 aliphatic heterocycles. The Balaban J connectivity index is 2.05. The molecule has 0 atom stereocenters. The summed E-state index contributed by atoms with van der Waals surface area (Å²) < 4.78 is 4.81. The van der Waals surface area contributed by atoms with E-state index in [4.69, 9.17) is 9.68 Å². The van der Waals surface area contributed by atoms with E-state index in [1.807, 2.05) is 0 Å². The van der Waals surface area contributed by atoms with Gasteiger partial charge in [0.15, 0.2) is 5.78 Å². The van der Waals surface area contributed by atoms with Crippen LogP contribution >= 0.6 is 11.8 Å². The van der Waals surface area contributed by atoms with Crippen molar-refractivity contribution in [3.63, 3.8) is 0 Å². The van der Waals surface area contributed by atoms with Crippen molar-refractivity contribution in [2.24, 2.45) is 4.99 Å². The number of nitrogens with zero attached hydrogens (tertiary/aromatic N) is 1. The predicted molar refractivity (Wildman–Crippen MR) is 68.8 cm³/mol. The van der Waals surface area contributed by atoms with E-state index >= 15 is 0 Å². The van der Waals surface area contributed by atoms with Gasteiger partial charge in [-0.2, -0.15) is 0 Å². The van der Waals surface area contributed by atoms with E-state index in [1.165, 1.54) is 0 Å². The minimum Gasteiger partial charge on any atom is -0.537 e. The summed E-state index contributed by atoms with van der Waals surface area (Å²) in [6, 6.07) is 6.73. The zero-order chi connectivity index (χ0) is 12.1. The number of aliphatic imine (C=N–C) groups is 1. The highest BCUT2D eigenvalue weighted by Gasteiger charge is 2.14. The number of carbonyl (C=O) groups excluding carboxylic acids is 1. The smallest absolute Gasteiger partial charge is 0.537 e. The van der Waals surface area contributed by atoms with Gasteiger partial charge in [-0.15, -0.1) is 11.8 Å². The molecule has 2 rings (SSSR count). The van der Waals surface area contributed by atoms with E-state index in [2.05, 4.69) is 4.99 Å². The summed E-state index contributed by atoms with van der Waals surface area (Å²) in [7, 11) is 0.598. The Kier molecular flexibility index (Phi) is 4.22. The van der Waals surface area contributed by atoms with Crippen LogP contribution in [0.4, 0.5) is 0 Å². The van der Waals surface area contributed by atoms with Gasteiger partial charge in [-0.3, -0.25) is 9.79 Å². The largest absolute Gasteiger partial charge is 0.569 e. The van der Waals surface area contributed by atoms with Crippen LogP contribution in [0.2, 0.25) is 0 Å². The highest BCUT2D eigenvalue weighted by atomic mass is 32.2. The molecule has 0 saturated heterocycles. The first-order chi connectivity index (χ1) is 8.29. The van der Waals surface area contributed by atoms with Crippen LogP contribution in [0.3, 0.4) is 0 Å². The van der Waals surface area contributed by atoms with Crippen LogP contribution in [0.5, 0.6) is 5.75 Å². The Morgan fingerprint density at radius 2 is 2.47 bits per heavy atom. The molecule has 87 valence electrons. The lowest BCUT2D eigenvalue weighted by molar-refractivity contribution is 0.100. The van der Waals surface area contributed by atoms with Crippen molar-refractivity contribution in [3.8, 4) is 5.75 Å². The topological polar surface area (TPSA) is 58.9 Å². The average Bonchev–Trinajstić information content (AvgIpc) is 2.83. The molecule has 1 aromatic carbocycles. The maximum absolute atomic E-state index is 11.9. The van der Waals surface area contributed by atoms with Crippen molar-refractivity contribution >= 4 is 30.3 Å². The molecule has 0 spiro atoms. The van der Waals surface area contributed by atoms with E-state index in [1.54, 1.807) is 36.0 Å². The van der Waals surface area contributed by atoms with Crippen molar-refractivity contribution in [2.45, 2.75) is 6.42 Å². The molecule has 0 amide bonds. The summed E-state index contributed by atoms with van der Waals surface area (Å²) in [5.41, 5.74) is 0.569. The van der Waals surface area contributed by atoms with Crippen LogP contribution < -0.4 is 4.65 Å². The molecule has 0 aliphatic carbocycles. The third kappa shape index (κ3) is 3.34. The number of benzene rings is 1. The normalized spacial score (nSPS) is 14.3. The molecule has 0 unspecified atom stereocenters. The summed E-state index contributed by atoms with van der Waals surface area (Å²) in [5, 5.41) is 9.42. The fraction of sp³-hybridized carbons (Fsp3) is 0.273. The first-order valence-electron chi connectivity index (χ1n) is 5.21. The molecule has 0 aromatic heterocycles. The summed E-state index contributed by atoms with van der Waals surface area (Å²) in [6.45, 7) is 0.801. The van der Waals surface area contributed by atoms with Gasteiger partial charge in [-0.05, 0) is 12.1 Å². The van der Waals surface area contributed by atoms with Crippen molar-refractivity contribution in [3.05, 3.63) is 29.8 Å². The Hall–Kier alpha value is -1.27. The first kappa shape index (κ1) is 12.2. The highest BCUT2D eigenvalue weighted by Crippen LogP contribution is 2.19. The maximum Gasteiger partial charge on any atom is 0.569 e. The number of ketones is 1. The van der Waals surface area contributed by atoms with Gasteiger partial charge in [0.1, 0.15) is 5.75 Å². The van der Waals surface area contributed by atoms with Gasteiger partial charge < -0.3 is 9.68 Å². The Morgan fingerprint density at radius 3 is 3.18 bits per heavy atom. The third-order valence-corrected chi connectivity index (χ3v) is 3.30. The molecular formula is C11H11BNO3S. The quantitative estimate of drug-likeness (QED) is 0.630. The second-order valence-corrected chi connectivity index (χ2v) is 4.64. The van der Waals surface area contributed by atoms with Gasteiger partial charge in [0.2, 0.25) is 0 Å². The van der Waals surface area contributed by atoms with Gasteiger partial charge in [-0.1, -0.05) is 12.1 Å². The van der Waals surface area contributed by atoms with E-state index in [0.29, 0.717) is 25.4 Å². The molecule has 6 heteroatoms. The second kappa shape index (κ2) is 5.88. The van der Waals surface area contributed by atoms with Crippen LogP contribution in [0.15, 0.2) is 29.3 Å². The van der Waals surface area contributed by atoms with Crippen LogP contribution in [-0.2, 0) is 0 Å². The second-order valence-electron chi connectivity index (χ2n) is 3.47. The fourth-order valence-electron chi connectivity index (χ4n) is 1.53. The molecule has 1 heterocycles. The standard InChI is InChI=1S/C11H11BNO3S/c14-10(7-11-13-4-5-17-11)8-2-1-3-9(6-8)16-12-15/h1-3,6,15H,4-5,7H2. The first-order valence-corrected chi connectivity index (χ1v) is 6.20. The lowest BCUT2D eigenvalue weighted by Gasteiger charge is -2.04. The minimum atomic E-state index is 0.0153. The summed E-state index contributed by atoms with van der Waals surface area (Å²) >= 11 is 1.63. The lowest BCUT2D eigenvalue weighted by atomic mass is 10.1. The fourth-order valence-corrected chi connectivity index (χ4v) is 2.36. The van der Waals surface area contributed by atoms with Crippen molar-refractivity contribution < 1.29 is 14.5 Å². The predicted octanol–water partition coefficient (Wildman–Crippen LogP) is 1.31. The van der Waals surface area contributed by atoms with Gasteiger partial charge >= 0.3 is 7.69 Å². The molecule has 1 N–H and O–H groups in total.